The lowest BCUT2D eigenvalue weighted by atomic mass is 9.88. The number of ketones is 1. The minimum absolute atomic E-state index is 0.0285. The molecular weight excluding hydrogens is 362 g/mol. The number of carbonyl (C=O) groups is 4. The minimum atomic E-state index is -0.813. The zero-order chi connectivity index (χ0) is 21.3. The maximum Gasteiger partial charge on any atom is 0.328 e. The second kappa shape index (κ2) is 10.6. The number of hydrogen-bond donors (Lipinski definition) is 1. The Morgan fingerprint density at radius 2 is 1.68 bits per heavy atom. The summed E-state index contributed by atoms with van der Waals surface area (Å²) in [6.07, 6.45) is 1.06. The fourth-order valence-corrected chi connectivity index (χ4v) is 2.24. The first-order valence-electron chi connectivity index (χ1n) is 9.27. The third-order valence-corrected chi connectivity index (χ3v) is 4.57. The summed E-state index contributed by atoms with van der Waals surface area (Å²) < 4.78 is 9.97. The maximum absolute atomic E-state index is 12.4. The molecule has 1 amide bonds. The van der Waals surface area contributed by atoms with Crippen molar-refractivity contribution in [3.05, 3.63) is 29.8 Å². The molecule has 1 aromatic carbocycles. The highest BCUT2D eigenvalue weighted by Crippen LogP contribution is 2.20. The van der Waals surface area contributed by atoms with Crippen molar-refractivity contribution in [2.45, 2.75) is 59.4 Å². The molecule has 0 spiro atoms. The number of esters is 2. The van der Waals surface area contributed by atoms with Crippen molar-refractivity contribution in [1.29, 1.82) is 0 Å². The van der Waals surface area contributed by atoms with Gasteiger partial charge in [0, 0.05) is 18.3 Å². The zero-order valence-corrected chi connectivity index (χ0v) is 17.2. The highest BCUT2D eigenvalue weighted by molar-refractivity contribution is 5.87. The predicted octanol–water partition coefficient (Wildman–Crippen LogP) is 2.60. The number of methoxy groups -OCH3 is 1. The van der Waals surface area contributed by atoms with Crippen molar-refractivity contribution in [1.82, 2.24) is 5.32 Å². The SMILES string of the molecule is CCC(C)(C)C(=O)NC(Cc1ccc(OC(=O)CCC(C)=O)cc1)C(=O)OC. The first-order valence-corrected chi connectivity index (χ1v) is 9.27. The van der Waals surface area contributed by atoms with E-state index in [1.54, 1.807) is 24.3 Å². The second-order valence-electron chi connectivity index (χ2n) is 7.31. The Bertz CT molecular complexity index is 708. The Balaban J connectivity index is 2.76. The summed E-state index contributed by atoms with van der Waals surface area (Å²) >= 11 is 0. The fourth-order valence-electron chi connectivity index (χ4n) is 2.24. The van der Waals surface area contributed by atoms with Gasteiger partial charge in [-0.05, 0) is 31.0 Å². The summed E-state index contributed by atoms with van der Waals surface area (Å²) in [7, 11) is 1.27. The topological polar surface area (TPSA) is 98.8 Å². The van der Waals surface area contributed by atoms with Crippen molar-refractivity contribution in [3.8, 4) is 5.75 Å². The third kappa shape index (κ3) is 7.50. The van der Waals surface area contributed by atoms with Crippen LogP contribution < -0.4 is 10.1 Å². The molecule has 7 heteroatoms. The van der Waals surface area contributed by atoms with E-state index in [9.17, 15) is 19.2 Å². The molecule has 1 aromatic rings. The van der Waals surface area contributed by atoms with E-state index < -0.39 is 23.4 Å². The molecule has 1 rings (SSSR count). The summed E-state index contributed by atoms with van der Waals surface area (Å²) in [4.78, 5) is 47.1. The zero-order valence-electron chi connectivity index (χ0n) is 17.2. The molecule has 154 valence electrons. The summed E-state index contributed by atoms with van der Waals surface area (Å²) in [6, 6.07) is 5.81. The quantitative estimate of drug-likeness (QED) is 0.486. The normalized spacial score (nSPS) is 12.0. The van der Waals surface area contributed by atoms with Crippen LogP contribution in [0.1, 0.15) is 52.5 Å². The van der Waals surface area contributed by atoms with Crippen molar-refractivity contribution in [2.24, 2.45) is 5.41 Å². The smallest absolute Gasteiger partial charge is 0.328 e. The average molecular weight is 391 g/mol. The van der Waals surface area contributed by atoms with E-state index in [-0.39, 0.29) is 31.0 Å². The number of amides is 1. The minimum Gasteiger partial charge on any atom is -0.467 e. The van der Waals surface area contributed by atoms with Crippen LogP contribution in [-0.4, -0.2) is 36.8 Å². The van der Waals surface area contributed by atoms with Crippen LogP contribution in [-0.2, 0) is 30.3 Å². The lowest BCUT2D eigenvalue weighted by Crippen LogP contribution is -2.48. The van der Waals surface area contributed by atoms with E-state index in [1.165, 1.54) is 14.0 Å². The first-order chi connectivity index (χ1) is 13.1. The lowest BCUT2D eigenvalue weighted by molar-refractivity contribution is -0.146. The van der Waals surface area contributed by atoms with Gasteiger partial charge in [-0.25, -0.2) is 4.79 Å². The Hall–Kier alpha value is -2.70. The third-order valence-electron chi connectivity index (χ3n) is 4.57. The average Bonchev–Trinajstić information content (AvgIpc) is 2.66. The molecule has 0 radical (unpaired) electrons. The van der Waals surface area contributed by atoms with Crippen LogP contribution in [0.15, 0.2) is 24.3 Å². The molecule has 0 heterocycles. The van der Waals surface area contributed by atoms with Crippen LogP contribution in [0.2, 0.25) is 0 Å². The van der Waals surface area contributed by atoms with Gasteiger partial charge in [-0.15, -0.1) is 0 Å². The Kier molecular flexibility index (Phi) is 8.82. The largest absolute Gasteiger partial charge is 0.467 e. The fraction of sp³-hybridized carbons (Fsp3) is 0.524. The van der Waals surface area contributed by atoms with Crippen molar-refractivity contribution >= 4 is 23.6 Å². The number of nitrogens with one attached hydrogen (secondary N) is 1. The van der Waals surface area contributed by atoms with E-state index in [2.05, 4.69) is 5.32 Å². The number of benzene rings is 1. The number of rotatable bonds is 10. The van der Waals surface area contributed by atoms with Gasteiger partial charge in [-0.2, -0.15) is 0 Å². The second-order valence-corrected chi connectivity index (χ2v) is 7.31. The summed E-state index contributed by atoms with van der Waals surface area (Å²) in [5.74, 6) is -0.955. The van der Waals surface area contributed by atoms with Crippen LogP contribution in [0.4, 0.5) is 0 Å². The van der Waals surface area contributed by atoms with Gasteiger partial charge >= 0.3 is 11.9 Å². The van der Waals surface area contributed by atoms with Gasteiger partial charge in [0.1, 0.15) is 17.6 Å². The first kappa shape index (κ1) is 23.3. The van der Waals surface area contributed by atoms with Gasteiger partial charge in [0.05, 0.1) is 13.5 Å². The summed E-state index contributed by atoms with van der Waals surface area (Å²) in [6.45, 7) is 6.95. The molecule has 1 atom stereocenters. The van der Waals surface area contributed by atoms with E-state index in [0.717, 1.165) is 5.56 Å². The molecule has 0 aliphatic rings. The highest BCUT2D eigenvalue weighted by atomic mass is 16.5. The molecule has 0 aromatic heterocycles. The van der Waals surface area contributed by atoms with Gasteiger partial charge in [-0.3, -0.25) is 9.59 Å². The molecule has 0 fully saturated rings. The number of Topliss-reactive ketones (excluding diaryl/α,β-unsaturated/α-hetero) is 1. The van der Waals surface area contributed by atoms with Crippen LogP contribution >= 0.6 is 0 Å². The van der Waals surface area contributed by atoms with Gasteiger partial charge in [0.2, 0.25) is 5.91 Å². The molecule has 0 aliphatic carbocycles. The number of hydrogen-bond acceptors (Lipinski definition) is 6. The van der Waals surface area contributed by atoms with Gasteiger partial charge < -0.3 is 19.6 Å². The lowest BCUT2D eigenvalue weighted by Gasteiger charge is -2.25. The molecule has 1 N–H and O–H groups in total. The maximum atomic E-state index is 12.4. The van der Waals surface area contributed by atoms with Crippen LogP contribution in [0, 0.1) is 5.41 Å². The van der Waals surface area contributed by atoms with Crippen LogP contribution in [0.25, 0.3) is 0 Å². The van der Waals surface area contributed by atoms with Crippen LogP contribution in [0.3, 0.4) is 0 Å². The molecule has 7 nitrogen and oxygen atoms in total. The van der Waals surface area contributed by atoms with E-state index in [0.29, 0.717) is 12.2 Å². The van der Waals surface area contributed by atoms with Gasteiger partial charge in [0.15, 0.2) is 0 Å². The number of carbonyl (C=O) groups excluding carboxylic acids is 4. The van der Waals surface area contributed by atoms with E-state index in [1.807, 2.05) is 20.8 Å². The van der Waals surface area contributed by atoms with Gasteiger partial charge in [0.25, 0.3) is 0 Å². The van der Waals surface area contributed by atoms with Crippen LogP contribution in [0.5, 0.6) is 5.75 Å². The Morgan fingerprint density at radius 1 is 1.07 bits per heavy atom. The molecule has 0 saturated heterocycles. The van der Waals surface area contributed by atoms with Crippen molar-refractivity contribution < 1.29 is 28.7 Å². The standard InChI is InChI=1S/C21H29NO6/c1-6-21(3,4)20(26)22-17(19(25)27-5)13-15-8-10-16(11-9-15)28-18(24)12-7-14(2)23/h8-11,17H,6-7,12-13H2,1-5H3,(H,22,26). The monoisotopic (exact) mass is 391 g/mol. The summed E-state index contributed by atoms with van der Waals surface area (Å²) in [5, 5.41) is 2.75. The van der Waals surface area contributed by atoms with E-state index in [4.69, 9.17) is 9.47 Å². The predicted molar refractivity (Wildman–Crippen MR) is 104 cm³/mol. The van der Waals surface area contributed by atoms with Gasteiger partial charge in [-0.1, -0.05) is 32.9 Å². The molecule has 1 unspecified atom stereocenters. The molecule has 0 bridgehead atoms. The molecule has 28 heavy (non-hydrogen) atoms. The highest BCUT2D eigenvalue weighted by Gasteiger charge is 2.30. The van der Waals surface area contributed by atoms with Crippen molar-refractivity contribution in [3.63, 3.8) is 0 Å². The van der Waals surface area contributed by atoms with E-state index >= 15 is 0 Å². The Labute approximate surface area is 165 Å². The van der Waals surface area contributed by atoms with Crippen molar-refractivity contribution in [2.75, 3.05) is 7.11 Å². The molecule has 0 aliphatic heterocycles. The summed E-state index contributed by atoms with van der Waals surface area (Å²) in [5.41, 5.74) is 0.179. The Morgan fingerprint density at radius 3 is 2.18 bits per heavy atom. The molecular formula is C21H29NO6. The number of ether oxygens (including phenoxy) is 2. The molecule has 0 saturated carbocycles.